The molecule has 19 heavy (non-hydrogen) atoms. The van der Waals surface area contributed by atoms with E-state index < -0.39 is 24.6 Å². The van der Waals surface area contributed by atoms with Crippen molar-refractivity contribution in [2.75, 3.05) is 19.4 Å². The summed E-state index contributed by atoms with van der Waals surface area (Å²) in [5, 5.41) is 22.5. The number of aliphatic hydroxyl groups is 1. The molecule has 7 heteroatoms. The van der Waals surface area contributed by atoms with Gasteiger partial charge in [-0.2, -0.15) is 11.8 Å². The van der Waals surface area contributed by atoms with Crippen molar-refractivity contribution < 1.29 is 19.8 Å². The van der Waals surface area contributed by atoms with Crippen LogP contribution in [-0.2, 0) is 4.79 Å². The summed E-state index contributed by atoms with van der Waals surface area (Å²) in [5.41, 5.74) is 0. The van der Waals surface area contributed by atoms with Gasteiger partial charge >= 0.3 is 12.0 Å². The second kappa shape index (κ2) is 7.59. The van der Waals surface area contributed by atoms with E-state index in [0.29, 0.717) is 6.54 Å². The van der Waals surface area contributed by atoms with Crippen LogP contribution in [0.2, 0.25) is 0 Å². The Hall–Kier alpha value is -0.950. The first-order chi connectivity index (χ1) is 9.03. The summed E-state index contributed by atoms with van der Waals surface area (Å²) in [7, 11) is 0. The summed E-state index contributed by atoms with van der Waals surface area (Å²) in [5.74, 6) is -1.24. The maximum Gasteiger partial charge on any atom is 0.328 e. The highest BCUT2D eigenvalue weighted by atomic mass is 32.2. The molecule has 0 heterocycles. The van der Waals surface area contributed by atoms with Crippen molar-refractivity contribution in [2.45, 2.75) is 42.9 Å². The van der Waals surface area contributed by atoms with Crippen LogP contribution in [-0.4, -0.2) is 52.4 Å². The number of hydrogen-bond donors (Lipinski definition) is 4. The minimum atomic E-state index is -1.25. The van der Waals surface area contributed by atoms with Gasteiger partial charge in [0.05, 0.1) is 6.61 Å². The van der Waals surface area contributed by atoms with Crippen molar-refractivity contribution in [3.8, 4) is 0 Å². The summed E-state index contributed by atoms with van der Waals surface area (Å²) in [6.45, 7) is -0.0891. The highest BCUT2D eigenvalue weighted by molar-refractivity contribution is 8.00. The minimum absolute atomic E-state index is 0.0630. The molecule has 1 atom stereocenters. The Kier molecular flexibility index (Phi) is 6.44. The molecule has 1 rings (SSSR count). The van der Waals surface area contributed by atoms with Crippen molar-refractivity contribution in [1.29, 1.82) is 0 Å². The standard InChI is InChI=1S/C12H22N2O4S/c1-19-12(5-3-2-4-6-12)8-13-11(18)14-9(7-15)10(16)17/h9,15H,2-8H2,1H3,(H,16,17)(H2,13,14,18)/t9-/m0/s1. The molecule has 6 nitrogen and oxygen atoms in total. The van der Waals surface area contributed by atoms with Crippen LogP contribution in [0.1, 0.15) is 32.1 Å². The van der Waals surface area contributed by atoms with Crippen LogP contribution >= 0.6 is 11.8 Å². The summed E-state index contributed by atoms with van der Waals surface area (Å²) < 4.78 is 0.0630. The second-order valence-electron chi connectivity index (χ2n) is 4.85. The number of amides is 2. The van der Waals surface area contributed by atoms with Gasteiger partial charge in [-0.1, -0.05) is 19.3 Å². The van der Waals surface area contributed by atoms with E-state index in [1.54, 1.807) is 11.8 Å². The molecular weight excluding hydrogens is 268 g/mol. The number of aliphatic hydroxyl groups excluding tert-OH is 1. The maximum absolute atomic E-state index is 11.6. The Bertz CT molecular complexity index is 319. The number of carbonyl (C=O) groups excluding carboxylic acids is 1. The lowest BCUT2D eigenvalue weighted by Gasteiger charge is -2.35. The van der Waals surface area contributed by atoms with Crippen LogP contribution in [0.5, 0.6) is 0 Å². The Morgan fingerprint density at radius 3 is 2.42 bits per heavy atom. The first-order valence-corrected chi connectivity index (χ1v) is 7.69. The first kappa shape index (κ1) is 16.1. The third kappa shape index (κ3) is 4.91. The first-order valence-electron chi connectivity index (χ1n) is 6.46. The van der Waals surface area contributed by atoms with E-state index in [4.69, 9.17) is 10.2 Å². The normalized spacial score (nSPS) is 19.5. The van der Waals surface area contributed by atoms with Crippen molar-refractivity contribution >= 4 is 23.8 Å². The number of carboxylic acid groups (broad SMARTS) is 1. The SMILES string of the molecule is CSC1(CNC(=O)N[C@@H](CO)C(=O)O)CCCCC1. The number of carboxylic acids is 1. The zero-order valence-electron chi connectivity index (χ0n) is 11.1. The Morgan fingerprint density at radius 1 is 1.32 bits per heavy atom. The quantitative estimate of drug-likeness (QED) is 0.580. The van der Waals surface area contributed by atoms with Gasteiger partial charge in [-0.15, -0.1) is 0 Å². The minimum Gasteiger partial charge on any atom is -0.480 e. The van der Waals surface area contributed by atoms with Crippen LogP contribution in [0.3, 0.4) is 0 Å². The van der Waals surface area contributed by atoms with E-state index in [-0.39, 0.29) is 4.75 Å². The molecule has 0 aromatic rings. The van der Waals surface area contributed by atoms with Crippen LogP contribution < -0.4 is 10.6 Å². The maximum atomic E-state index is 11.6. The molecule has 0 bridgehead atoms. The van der Waals surface area contributed by atoms with Crippen LogP contribution in [0.4, 0.5) is 4.79 Å². The largest absolute Gasteiger partial charge is 0.480 e. The molecule has 0 aromatic carbocycles. The van der Waals surface area contributed by atoms with Crippen molar-refractivity contribution in [3.05, 3.63) is 0 Å². The molecule has 1 aliphatic carbocycles. The van der Waals surface area contributed by atoms with Crippen molar-refractivity contribution in [1.82, 2.24) is 10.6 Å². The molecule has 0 unspecified atom stereocenters. The van der Waals surface area contributed by atoms with Gasteiger partial charge in [0.1, 0.15) is 0 Å². The van der Waals surface area contributed by atoms with Gasteiger partial charge in [0.2, 0.25) is 0 Å². The number of carbonyl (C=O) groups is 2. The predicted molar refractivity (Wildman–Crippen MR) is 74.4 cm³/mol. The Balaban J connectivity index is 2.41. The number of nitrogens with one attached hydrogen (secondary N) is 2. The fourth-order valence-electron chi connectivity index (χ4n) is 2.29. The summed E-state index contributed by atoms with van der Waals surface area (Å²) in [4.78, 5) is 22.3. The Labute approximate surface area is 117 Å². The fraction of sp³-hybridized carbons (Fsp3) is 0.833. The van der Waals surface area contributed by atoms with Gasteiger partial charge in [0.15, 0.2) is 6.04 Å². The van der Waals surface area contributed by atoms with E-state index in [1.807, 2.05) is 6.26 Å². The van der Waals surface area contributed by atoms with Gasteiger partial charge in [-0.3, -0.25) is 0 Å². The molecule has 2 amide bonds. The number of rotatable bonds is 6. The molecule has 0 spiro atoms. The molecule has 0 radical (unpaired) electrons. The highest BCUT2D eigenvalue weighted by Crippen LogP contribution is 2.37. The molecule has 110 valence electrons. The lowest BCUT2D eigenvalue weighted by molar-refractivity contribution is -0.140. The topological polar surface area (TPSA) is 98.7 Å². The van der Waals surface area contributed by atoms with E-state index in [0.717, 1.165) is 12.8 Å². The molecule has 1 aliphatic rings. The fourth-order valence-corrected chi connectivity index (χ4v) is 3.20. The summed E-state index contributed by atoms with van der Waals surface area (Å²) >= 11 is 1.76. The van der Waals surface area contributed by atoms with Gasteiger partial charge in [-0.05, 0) is 19.1 Å². The van der Waals surface area contributed by atoms with Gasteiger partial charge in [0.25, 0.3) is 0 Å². The van der Waals surface area contributed by atoms with Crippen LogP contribution in [0, 0.1) is 0 Å². The molecule has 4 N–H and O–H groups in total. The lowest BCUT2D eigenvalue weighted by Crippen LogP contribution is -2.51. The van der Waals surface area contributed by atoms with Gasteiger partial charge < -0.3 is 20.8 Å². The van der Waals surface area contributed by atoms with Crippen molar-refractivity contribution in [2.24, 2.45) is 0 Å². The molecule has 0 aliphatic heterocycles. The zero-order valence-corrected chi connectivity index (χ0v) is 12.0. The van der Waals surface area contributed by atoms with E-state index >= 15 is 0 Å². The van der Waals surface area contributed by atoms with E-state index in [9.17, 15) is 9.59 Å². The highest BCUT2D eigenvalue weighted by Gasteiger charge is 2.31. The molecule has 0 aromatic heterocycles. The monoisotopic (exact) mass is 290 g/mol. The van der Waals surface area contributed by atoms with Gasteiger partial charge in [-0.25, -0.2) is 9.59 Å². The average molecular weight is 290 g/mol. The van der Waals surface area contributed by atoms with E-state index in [1.165, 1.54) is 19.3 Å². The zero-order chi connectivity index (χ0) is 14.3. The number of thioether (sulfide) groups is 1. The van der Waals surface area contributed by atoms with E-state index in [2.05, 4.69) is 10.6 Å². The predicted octanol–water partition coefficient (Wildman–Crippen LogP) is 0.797. The second-order valence-corrected chi connectivity index (χ2v) is 6.12. The third-order valence-corrected chi connectivity index (χ3v) is 4.97. The summed E-state index contributed by atoms with van der Waals surface area (Å²) in [6.07, 6.45) is 7.74. The number of hydrogen-bond acceptors (Lipinski definition) is 4. The molecule has 1 fully saturated rings. The van der Waals surface area contributed by atoms with Crippen LogP contribution in [0.25, 0.3) is 0 Å². The average Bonchev–Trinajstić information content (AvgIpc) is 2.43. The van der Waals surface area contributed by atoms with Crippen molar-refractivity contribution in [3.63, 3.8) is 0 Å². The van der Waals surface area contributed by atoms with Crippen LogP contribution in [0.15, 0.2) is 0 Å². The molecule has 0 saturated heterocycles. The third-order valence-electron chi connectivity index (χ3n) is 3.55. The number of aliphatic carboxylic acids is 1. The lowest BCUT2D eigenvalue weighted by atomic mass is 9.88. The smallest absolute Gasteiger partial charge is 0.328 e. The number of urea groups is 1. The van der Waals surface area contributed by atoms with Gasteiger partial charge in [0, 0.05) is 11.3 Å². The molecule has 1 saturated carbocycles. The summed E-state index contributed by atoms with van der Waals surface area (Å²) in [6, 6.07) is -1.79. The Morgan fingerprint density at radius 2 is 1.95 bits per heavy atom. The molecular formula is C12H22N2O4S.